The summed E-state index contributed by atoms with van der Waals surface area (Å²) >= 11 is 0. The van der Waals surface area contributed by atoms with Gasteiger partial charge in [0, 0.05) is 49.4 Å². The SMILES string of the molecule is Cc1ccc(N2CC(C(=O)NCc3cccnc3-c3ccncc3)CC2=O)cc1C. The Morgan fingerprint density at radius 2 is 1.90 bits per heavy atom. The van der Waals surface area contributed by atoms with Crippen LogP contribution >= 0.6 is 0 Å². The Morgan fingerprint density at radius 1 is 1.10 bits per heavy atom. The predicted molar refractivity (Wildman–Crippen MR) is 116 cm³/mol. The lowest BCUT2D eigenvalue weighted by molar-refractivity contribution is -0.126. The van der Waals surface area contributed by atoms with Crippen LogP contribution in [0.1, 0.15) is 23.1 Å². The number of anilines is 1. The van der Waals surface area contributed by atoms with Gasteiger partial charge in [0.25, 0.3) is 0 Å². The number of hydrogen-bond donors (Lipinski definition) is 1. The number of rotatable bonds is 5. The molecule has 152 valence electrons. The number of hydrogen-bond acceptors (Lipinski definition) is 4. The van der Waals surface area contributed by atoms with Crippen LogP contribution in [0, 0.1) is 19.8 Å². The summed E-state index contributed by atoms with van der Waals surface area (Å²) in [6.45, 7) is 4.83. The number of aromatic nitrogens is 2. The molecule has 3 heterocycles. The maximum Gasteiger partial charge on any atom is 0.227 e. The third-order valence-electron chi connectivity index (χ3n) is 5.60. The first-order valence-corrected chi connectivity index (χ1v) is 10.0. The van der Waals surface area contributed by atoms with Crippen molar-refractivity contribution in [2.24, 2.45) is 5.92 Å². The quantitative estimate of drug-likeness (QED) is 0.712. The molecule has 0 saturated carbocycles. The highest BCUT2D eigenvalue weighted by Gasteiger charge is 2.35. The van der Waals surface area contributed by atoms with E-state index in [-0.39, 0.29) is 24.2 Å². The minimum atomic E-state index is -0.361. The van der Waals surface area contributed by atoms with Crippen molar-refractivity contribution in [3.8, 4) is 11.3 Å². The Kier molecular flexibility index (Phi) is 5.57. The molecule has 0 radical (unpaired) electrons. The summed E-state index contributed by atoms with van der Waals surface area (Å²) in [4.78, 5) is 35.5. The van der Waals surface area contributed by atoms with E-state index in [0.717, 1.165) is 28.1 Å². The molecule has 0 bridgehead atoms. The first-order valence-electron chi connectivity index (χ1n) is 10.0. The largest absolute Gasteiger partial charge is 0.352 e. The van der Waals surface area contributed by atoms with Gasteiger partial charge in [-0.25, -0.2) is 0 Å². The number of nitrogens with one attached hydrogen (secondary N) is 1. The second-order valence-electron chi connectivity index (χ2n) is 7.64. The molecule has 4 rings (SSSR count). The lowest BCUT2D eigenvalue weighted by Crippen LogP contribution is -2.32. The van der Waals surface area contributed by atoms with Gasteiger partial charge < -0.3 is 10.2 Å². The van der Waals surface area contributed by atoms with E-state index in [1.54, 1.807) is 23.5 Å². The smallest absolute Gasteiger partial charge is 0.227 e. The molecular formula is C24H24N4O2. The Bertz CT molecular complexity index is 1080. The molecule has 0 aliphatic carbocycles. The molecule has 1 aliphatic heterocycles. The van der Waals surface area contributed by atoms with Crippen LogP contribution in [0.25, 0.3) is 11.3 Å². The highest BCUT2D eigenvalue weighted by atomic mass is 16.2. The lowest BCUT2D eigenvalue weighted by Gasteiger charge is -2.18. The summed E-state index contributed by atoms with van der Waals surface area (Å²) < 4.78 is 0. The van der Waals surface area contributed by atoms with E-state index in [0.29, 0.717) is 13.1 Å². The summed E-state index contributed by atoms with van der Waals surface area (Å²) in [5.41, 5.74) is 5.86. The zero-order chi connectivity index (χ0) is 21.1. The summed E-state index contributed by atoms with van der Waals surface area (Å²) in [5, 5.41) is 2.99. The fourth-order valence-electron chi connectivity index (χ4n) is 3.70. The molecular weight excluding hydrogens is 376 g/mol. The van der Waals surface area contributed by atoms with Gasteiger partial charge in [-0.1, -0.05) is 12.1 Å². The summed E-state index contributed by atoms with van der Waals surface area (Å²) in [5.74, 6) is -0.489. The van der Waals surface area contributed by atoms with Crippen LogP contribution in [-0.2, 0) is 16.1 Å². The molecule has 0 spiro atoms. The molecule has 1 atom stereocenters. The average molecular weight is 400 g/mol. The van der Waals surface area contributed by atoms with Crippen molar-refractivity contribution in [2.45, 2.75) is 26.8 Å². The number of aryl methyl sites for hydroxylation is 2. The van der Waals surface area contributed by atoms with Gasteiger partial charge in [0.1, 0.15) is 0 Å². The highest BCUT2D eigenvalue weighted by Crippen LogP contribution is 2.27. The van der Waals surface area contributed by atoms with Gasteiger partial charge in [0.2, 0.25) is 11.8 Å². The van der Waals surface area contributed by atoms with Crippen molar-refractivity contribution in [3.63, 3.8) is 0 Å². The first-order chi connectivity index (χ1) is 14.5. The maximum absolute atomic E-state index is 12.8. The van der Waals surface area contributed by atoms with Crippen molar-refractivity contribution in [1.82, 2.24) is 15.3 Å². The average Bonchev–Trinajstić information content (AvgIpc) is 3.16. The monoisotopic (exact) mass is 400 g/mol. The van der Waals surface area contributed by atoms with Crippen LogP contribution in [0.15, 0.2) is 61.1 Å². The topological polar surface area (TPSA) is 75.2 Å². The number of nitrogens with zero attached hydrogens (tertiary/aromatic N) is 3. The Labute approximate surface area is 176 Å². The second-order valence-corrected chi connectivity index (χ2v) is 7.64. The molecule has 1 N–H and O–H groups in total. The van der Waals surface area contributed by atoms with Gasteiger partial charge in [-0.15, -0.1) is 0 Å². The summed E-state index contributed by atoms with van der Waals surface area (Å²) in [7, 11) is 0. The summed E-state index contributed by atoms with van der Waals surface area (Å²) in [6.07, 6.45) is 5.40. The Morgan fingerprint density at radius 3 is 2.67 bits per heavy atom. The molecule has 3 aromatic rings. The van der Waals surface area contributed by atoms with E-state index in [4.69, 9.17) is 0 Å². The first kappa shape index (κ1) is 19.8. The van der Waals surface area contributed by atoms with Gasteiger partial charge in [-0.3, -0.25) is 19.6 Å². The van der Waals surface area contributed by atoms with Crippen molar-refractivity contribution < 1.29 is 9.59 Å². The fraction of sp³-hybridized carbons (Fsp3) is 0.250. The Balaban J connectivity index is 1.43. The van der Waals surface area contributed by atoms with Crippen LogP contribution in [0.5, 0.6) is 0 Å². The zero-order valence-electron chi connectivity index (χ0n) is 17.1. The molecule has 1 aromatic carbocycles. The number of pyridine rings is 2. The molecule has 30 heavy (non-hydrogen) atoms. The second kappa shape index (κ2) is 8.45. The molecule has 1 saturated heterocycles. The van der Waals surface area contributed by atoms with Gasteiger partial charge in [0.15, 0.2) is 0 Å². The third kappa shape index (κ3) is 4.08. The number of carbonyl (C=O) groups excluding carboxylic acids is 2. The highest BCUT2D eigenvalue weighted by molar-refractivity contribution is 6.00. The standard InChI is InChI=1S/C24H24N4O2/c1-16-5-6-21(12-17(16)2)28-15-20(13-22(28)29)24(30)27-14-19-4-3-9-26-23(19)18-7-10-25-11-8-18/h3-12,20H,13-15H2,1-2H3,(H,27,30). The van der Waals surface area contributed by atoms with Gasteiger partial charge in [-0.05, 0) is 60.9 Å². The van der Waals surface area contributed by atoms with Crippen molar-refractivity contribution in [1.29, 1.82) is 0 Å². The molecule has 1 aliphatic rings. The van der Waals surface area contributed by atoms with Gasteiger partial charge in [-0.2, -0.15) is 0 Å². The van der Waals surface area contributed by atoms with Crippen LogP contribution < -0.4 is 10.2 Å². The molecule has 1 fully saturated rings. The summed E-state index contributed by atoms with van der Waals surface area (Å²) in [6, 6.07) is 13.5. The lowest BCUT2D eigenvalue weighted by atomic mass is 10.1. The van der Waals surface area contributed by atoms with Crippen molar-refractivity contribution in [3.05, 3.63) is 77.7 Å². The molecule has 6 heteroatoms. The molecule has 2 amide bonds. The van der Waals surface area contributed by atoms with Crippen molar-refractivity contribution >= 4 is 17.5 Å². The zero-order valence-corrected chi connectivity index (χ0v) is 17.1. The van der Waals surface area contributed by atoms with Crippen LogP contribution in [0.4, 0.5) is 5.69 Å². The van der Waals surface area contributed by atoms with Crippen LogP contribution in [0.2, 0.25) is 0 Å². The van der Waals surface area contributed by atoms with E-state index in [1.807, 2.05) is 56.3 Å². The van der Waals surface area contributed by atoms with Crippen LogP contribution in [-0.4, -0.2) is 28.3 Å². The van der Waals surface area contributed by atoms with E-state index in [1.165, 1.54) is 5.56 Å². The Hall–Kier alpha value is -3.54. The molecule has 1 unspecified atom stereocenters. The number of benzene rings is 1. The third-order valence-corrected chi connectivity index (χ3v) is 5.60. The van der Waals surface area contributed by atoms with Gasteiger partial charge in [0.05, 0.1) is 11.6 Å². The number of carbonyl (C=O) groups is 2. The van der Waals surface area contributed by atoms with E-state index in [2.05, 4.69) is 15.3 Å². The minimum Gasteiger partial charge on any atom is -0.352 e. The molecule has 6 nitrogen and oxygen atoms in total. The normalized spacial score (nSPS) is 16.0. The molecule has 2 aromatic heterocycles. The maximum atomic E-state index is 12.8. The fourth-order valence-corrected chi connectivity index (χ4v) is 3.70. The van der Waals surface area contributed by atoms with Gasteiger partial charge >= 0.3 is 0 Å². The van der Waals surface area contributed by atoms with E-state index >= 15 is 0 Å². The minimum absolute atomic E-state index is 0.0164. The van der Waals surface area contributed by atoms with E-state index < -0.39 is 0 Å². The van der Waals surface area contributed by atoms with E-state index in [9.17, 15) is 9.59 Å². The van der Waals surface area contributed by atoms with Crippen LogP contribution in [0.3, 0.4) is 0 Å². The number of amides is 2. The van der Waals surface area contributed by atoms with Crippen molar-refractivity contribution in [2.75, 3.05) is 11.4 Å². The predicted octanol–water partition coefficient (Wildman–Crippen LogP) is 3.43.